The molecule has 4 aliphatic carbocycles. The van der Waals surface area contributed by atoms with E-state index in [1.54, 1.807) is 17.2 Å². The SMILES string of the molecule is CC(C)=C[C@H](O)[C@@H](O)[C@@H](C)[C@H]1CC[C@@]2(C)C3=C(CC[C@]12C)[C@@]1(C)CC[C@H](O)C(C)(C)[C@@H]1CC3. The summed E-state index contributed by atoms with van der Waals surface area (Å²) < 4.78 is 0. The number of hydrogen-bond donors (Lipinski definition) is 3. The van der Waals surface area contributed by atoms with Crippen molar-refractivity contribution in [1.82, 2.24) is 0 Å². The van der Waals surface area contributed by atoms with E-state index in [-0.39, 0.29) is 33.7 Å². The molecule has 0 aromatic heterocycles. The second kappa shape index (κ2) is 8.20. The maximum absolute atomic E-state index is 11.1. The fourth-order valence-corrected chi connectivity index (χ4v) is 9.55. The van der Waals surface area contributed by atoms with Gasteiger partial charge in [-0.15, -0.1) is 0 Å². The summed E-state index contributed by atoms with van der Waals surface area (Å²) in [6, 6.07) is 0. The Balaban J connectivity index is 1.68. The van der Waals surface area contributed by atoms with Gasteiger partial charge in [0.15, 0.2) is 0 Å². The van der Waals surface area contributed by atoms with Gasteiger partial charge < -0.3 is 15.3 Å². The third-order valence-electron chi connectivity index (χ3n) is 11.8. The van der Waals surface area contributed by atoms with Crippen LogP contribution in [0, 0.1) is 39.4 Å². The molecule has 3 nitrogen and oxygen atoms in total. The van der Waals surface area contributed by atoms with E-state index in [1.807, 2.05) is 13.8 Å². The Kier molecular flexibility index (Phi) is 6.33. The summed E-state index contributed by atoms with van der Waals surface area (Å²) in [5, 5.41) is 32.5. The highest BCUT2D eigenvalue weighted by molar-refractivity contribution is 5.38. The zero-order valence-corrected chi connectivity index (χ0v) is 22.5. The summed E-state index contributed by atoms with van der Waals surface area (Å²) in [5.74, 6) is 1.04. The van der Waals surface area contributed by atoms with Crippen LogP contribution in [0.5, 0.6) is 0 Å². The number of aliphatic hydroxyl groups is 3. The first-order valence-electron chi connectivity index (χ1n) is 13.6. The van der Waals surface area contributed by atoms with Crippen molar-refractivity contribution in [3.63, 3.8) is 0 Å². The lowest BCUT2D eigenvalue weighted by atomic mass is 9.43. The molecule has 0 radical (unpaired) electrons. The maximum Gasteiger partial charge on any atom is 0.0985 e. The summed E-state index contributed by atoms with van der Waals surface area (Å²) in [6.45, 7) is 18.3. The first-order valence-corrected chi connectivity index (χ1v) is 13.6. The van der Waals surface area contributed by atoms with Crippen LogP contribution in [0.3, 0.4) is 0 Å². The van der Waals surface area contributed by atoms with E-state index in [1.165, 1.54) is 25.7 Å². The Bertz CT molecular complexity index is 835. The standard InChI is InChI=1S/C30H50O3/c1-18(2)17-23(31)26(33)19(3)20-11-15-30(8)22-9-10-24-27(4,5)25(32)13-14-28(24,6)21(22)12-16-29(20,30)7/h17,19-20,23-26,31-33H,9-16H2,1-8H3/t19-,20+,23-,24-,25-,26-,28+,29+,30-/m0/s1. The van der Waals surface area contributed by atoms with E-state index in [9.17, 15) is 15.3 Å². The minimum Gasteiger partial charge on any atom is -0.393 e. The molecule has 0 bridgehead atoms. The van der Waals surface area contributed by atoms with Gasteiger partial charge in [0.25, 0.3) is 0 Å². The minimum atomic E-state index is -0.788. The van der Waals surface area contributed by atoms with Gasteiger partial charge in [-0.3, -0.25) is 0 Å². The first-order chi connectivity index (χ1) is 15.2. The number of allylic oxidation sites excluding steroid dienone is 3. The number of hydrogen-bond acceptors (Lipinski definition) is 3. The predicted molar refractivity (Wildman–Crippen MR) is 136 cm³/mol. The number of fused-ring (bicyclic) bond motifs is 4. The lowest BCUT2D eigenvalue weighted by molar-refractivity contribution is -0.0979. The zero-order valence-electron chi connectivity index (χ0n) is 22.5. The van der Waals surface area contributed by atoms with Gasteiger partial charge in [0, 0.05) is 0 Å². The summed E-state index contributed by atoms with van der Waals surface area (Å²) >= 11 is 0. The molecule has 4 rings (SSSR count). The zero-order chi connectivity index (χ0) is 24.6. The second-order valence-corrected chi connectivity index (χ2v) is 13.8. The van der Waals surface area contributed by atoms with Crippen molar-refractivity contribution in [2.24, 2.45) is 39.4 Å². The first kappa shape index (κ1) is 25.5. The Morgan fingerprint density at radius 1 is 0.909 bits per heavy atom. The van der Waals surface area contributed by atoms with Gasteiger partial charge >= 0.3 is 0 Å². The van der Waals surface area contributed by atoms with Gasteiger partial charge in [-0.2, -0.15) is 0 Å². The molecule has 2 saturated carbocycles. The Morgan fingerprint density at radius 2 is 1.58 bits per heavy atom. The lowest BCUT2D eigenvalue weighted by Gasteiger charge is -2.62. The predicted octanol–water partition coefficient (Wildman–Crippen LogP) is 6.42. The highest BCUT2D eigenvalue weighted by Crippen LogP contribution is 2.72. The number of rotatable bonds is 4. The van der Waals surface area contributed by atoms with Crippen LogP contribution < -0.4 is 0 Å². The fraction of sp³-hybridized carbons (Fsp3) is 0.867. The average molecular weight is 459 g/mol. The monoisotopic (exact) mass is 458 g/mol. The highest BCUT2D eigenvalue weighted by atomic mass is 16.3. The van der Waals surface area contributed by atoms with Crippen molar-refractivity contribution in [2.45, 2.75) is 125 Å². The van der Waals surface area contributed by atoms with E-state index in [0.29, 0.717) is 11.8 Å². The van der Waals surface area contributed by atoms with Gasteiger partial charge in [-0.05, 0) is 105 Å². The Hall–Kier alpha value is -0.640. The molecule has 9 atom stereocenters. The summed E-state index contributed by atoms with van der Waals surface area (Å²) in [7, 11) is 0. The topological polar surface area (TPSA) is 60.7 Å². The molecule has 3 heteroatoms. The van der Waals surface area contributed by atoms with Crippen molar-refractivity contribution in [3.8, 4) is 0 Å². The summed E-state index contributed by atoms with van der Waals surface area (Å²) in [6.07, 6.45) is 9.16. The van der Waals surface area contributed by atoms with E-state index in [0.717, 1.165) is 31.3 Å². The summed E-state index contributed by atoms with van der Waals surface area (Å²) in [5.41, 5.74) is 5.04. The molecule has 2 fully saturated rings. The van der Waals surface area contributed by atoms with Gasteiger partial charge in [-0.25, -0.2) is 0 Å². The molecule has 33 heavy (non-hydrogen) atoms. The molecule has 3 N–H and O–H groups in total. The quantitative estimate of drug-likeness (QED) is 0.426. The smallest absolute Gasteiger partial charge is 0.0985 e. The van der Waals surface area contributed by atoms with Crippen LogP contribution in [0.1, 0.15) is 107 Å². The van der Waals surface area contributed by atoms with Crippen molar-refractivity contribution >= 4 is 0 Å². The Labute approximate surface area is 202 Å². The molecule has 0 saturated heterocycles. The third-order valence-corrected chi connectivity index (χ3v) is 11.8. The van der Waals surface area contributed by atoms with Crippen molar-refractivity contribution < 1.29 is 15.3 Å². The van der Waals surface area contributed by atoms with Crippen LogP contribution in [-0.2, 0) is 0 Å². The van der Waals surface area contributed by atoms with Crippen LogP contribution in [0.25, 0.3) is 0 Å². The largest absolute Gasteiger partial charge is 0.393 e. The van der Waals surface area contributed by atoms with Crippen LogP contribution >= 0.6 is 0 Å². The van der Waals surface area contributed by atoms with E-state index < -0.39 is 12.2 Å². The summed E-state index contributed by atoms with van der Waals surface area (Å²) in [4.78, 5) is 0. The third kappa shape index (κ3) is 3.54. The molecule has 0 unspecified atom stereocenters. The molecule has 0 aromatic carbocycles. The molecular formula is C30H50O3. The number of aliphatic hydroxyl groups excluding tert-OH is 3. The normalized spacial score (nSPS) is 44.9. The van der Waals surface area contributed by atoms with Gasteiger partial charge in [-0.1, -0.05) is 64.3 Å². The minimum absolute atomic E-state index is 0.0227. The molecule has 188 valence electrons. The molecule has 0 aliphatic heterocycles. The van der Waals surface area contributed by atoms with Gasteiger partial charge in [0.05, 0.1) is 18.3 Å². The van der Waals surface area contributed by atoms with Crippen LogP contribution in [-0.4, -0.2) is 33.6 Å². The molecule has 0 heterocycles. The highest BCUT2D eigenvalue weighted by Gasteiger charge is 2.63. The Morgan fingerprint density at radius 3 is 2.21 bits per heavy atom. The molecule has 0 aromatic rings. The molecule has 0 amide bonds. The molecule has 0 spiro atoms. The van der Waals surface area contributed by atoms with Crippen LogP contribution in [0.4, 0.5) is 0 Å². The molecular weight excluding hydrogens is 408 g/mol. The van der Waals surface area contributed by atoms with Crippen molar-refractivity contribution in [2.75, 3.05) is 0 Å². The van der Waals surface area contributed by atoms with E-state index >= 15 is 0 Å². The molecule has 4 aliphatic rings. The average Bonchev–Trinajstić information content (AvgIpc) is 3.01. The van der Waals surface area contributed by atoms with Gasteiger partial charge in [0.2, 0.25) is 0 Å². The van der Waals surface area contributed by atoms with Crippen LogP contribution in [0.15, 0.2) is 22.8 Å². The van der Waals surface area contributed by atoms with Crippen molar-refractivity contribution in [1.29, 1.82) is 0 Å². The van der Waals surface area contributed by atoms with Gasteiger partial charge in [0.1, 0.15) is 0 Å². The second-order valence-electron chi connectivity index (χ2n) is 13.8. The van der Waals surface area contributed by atoms with E-state index in [4.69, 9.17) is 0 Å². The van der Waals surface area contributed by atoms with Crippen LogP contribution in [0.2, 0.25) is 0 Å². The fourth-order valence-electron chi connectivity index (χ4n) is 9.55. The lowest BCUT2D eigenvalue weighted by Crippen LogP contribution is -2.55. The maximum atomic E-state index is 11.1. The van der Waals surface area contributed by atoms with E-state index in [2.05, 4.69) is 41.5 Å². The van der Waals surface area contributed by atoms with Crippen molar-refractivity contribution in [3.05, 3.63) is 22.8 Å².